The van der Waals surface area contributed by atoms with Crippen LogP contribution in [0.2, 0.25) is 5.02 Å². The fourth-order valence-corrected chi connectivity index (χ4v) is 5.10. The maximum Gasteiger partial charge on any atom is 0.240 e. The van der Waals surface area contributed by atoms with Gasteiger partial charge >= 0.3 is 0 Å². The molecule has 2 aromatic rings. The molecule has 168 valence electrons. The van der Waals surface area contributed by atoms with Crippen molar-refractivity contribution in [2.24, 2.45) is 0 Å². The van der Waals surface area contributed by atoms with Crippen LogP contribution in [0.1, 0.15) is 12.5 Å². The Kier molecular flexibility index (Phi) is 7.90. The van der Waals surface area contributed by atoms with Crippen molar-refractivity contribution >= 4 is 45.0 Å². The van der Waals surface area contributed by atoms with E-state index in [2.05, 4.69) is 5.32 Å². The molecular weight excluding hydrogens is 467 g/mol. The van der Waals surface area contributed by atoms with E-state index in [0.29, 0.717) is 45.8 Å². The van der Waals surface area contributed by atoms with Gasteiger partial charge in [-0.3, -0.25) is 9.10 Å². The molecule has 0 aliphatic carbocycles. The quantitative estimate of drug-likeness (QED) is 0.516. The van der Waals surface area contributed by atoms with Gasteiger partial charge in [0.15, 0.2) is 11.5 Å². The lowest BCUT2D eigenvalue weighted by atomic mass is 10.2. The van der Waals surface area contributed by atoms with Crippen LogP contribution in [0.3, 0.4) is 0 Å². The SMILES string of the molecule is CCS(=O)(=O)N(CC(=O)NCCSCc1c(F)cccc1Cl)c1ccc2c(c1)OCO2. The summed E-state index contributed by atoms with van der Waals surface area (Å²) >= 11 is 7.41. The van der Waals surface area contributed by atoms with Crippen LogP contribution in [-0.2, 0) is 20.6 Å². The lowest BCUT2D eigenvalue weighted by Crippen LogP contribution is -2.42. The summed E-state index contributed by atoms with van der Waals surface area (Å²) in [5.41, 5.74) is 0.744. The van der Waals surface area contributed by atoms with E-state index in [-0.39, 0.29) is 24.9 Å². The number of nitrogens with one attached hydrogen (secondary N) is 1. The fraction of sp³-hybridized carbons (Fsp3) is 0.350. The molecule has 1 heterocycles. The van der Waals surface area contributed by atoms with Crippen LogP contribution < -0.4 is 19.1 Å². The highest BCUT2D eigenvalue weighted by Crippen LogP contribution is 2.36. The van der Waals surface area contributed by atoms with Crippen molar-refractivity contribution in [2.45, 2.75) is 12.7 Å². The van der Waals surface area contributed by atoms with Crippen molar-refractivity contribution in [3.63, 3.8) is 0 Å². The minimum Gasteiger partial charge on any atom is -0.454 e. The molecule has 31 heavy (non-hydrogen) atoms. The standard InChI is InChI=1S/C20H22ClFN2O5S2/c1-2-31(26,27)24(14-6-7-18-19(10-14)29-13-28-18)11-20(25)23-8-9-30-12-15-16(21)4-3-5-17(15)22/h3-7,10H,2,8-9,11-13H2,1H3,(H,23,25). The molecule has 11 heteroatoms. The number of sulfonamides is 1. The molecule has 7 nitrogen and oxygen atoms in total. The summed E-state index contributed by atoms with van der Waals surface area (Å²) in [5, 5.41) is 3.06. The van der Waals surface area contributed by atoms with Gasteiger partial charge in [-0.15, -0.1) is 0 Å². The minimum atomic E-state index is -3.69. The molecular formula is C20H22ClFN2O5S2. The zero-order valence-electron chi connectivity index (χ0n) is 16.8. The average Bonchev–Trinajstić information content (AvgIpc) is 3.21. The minimum absolute atomic E-state index is 0.0650. The molecule has 0 bridgehead atoms. The number of hydrogen-bond acceptors (Lipinski definition) is 6. The molecule has 0 radical (unpaired) electrons. The highest BCUT2D eigenvalue weighted by molar-refractivity contribution is 7.98. The van der Waals surface area contributed by atoms with Gasteiger partial charge in [-0.1, -0.05) is 17.7 Å². The van der Waals surface area contributed by atoms with E-state index in [1.54, 1.807) is 24.3 Å². The van der Waals surface area contributed by atoms with E-state index in [1.807, 2.05) is 0 Å². The zero-order chi connectivity index (χ0) is 22.4. The lowest BCUT2D eigenvalue weighted by molar-refractivity contribution is -0.119. The van der Waals surface area contributed by atoms with Crippen molar-refractivity contribution in [1.82, 2.24) is 5.32 Å². The van der Waals surface area contributed by atoms with Gasteiger partial charge in [-0.05, 0) is 31.2 Å². The second-order valence-corrected chi connectivity index (χ2v) is 10.2. The number of nitrogens with zero attached hydrogens (tertiary/aromatic N) is 1. The van der Waals surface area contributed by atoms with Crippen LogP contribution in [-0.4, -0.2) is 45.7 Å². The van der Waals surface area contributed by atoms with Crippen LogP contribution in [0.15, 0.2) is 36.4 Å². The molecule has 0 atom stereocenters. The zero-order valence-corrected chi connectivity index (χ0v) is 19.2. The Labute approximate surface area is 189 Å². The van der Waals surface area contributed by atoms with Gasteiger partial charge in [0, 0.05) is 34.7 Å². The van der Waals surface area contributed by atoms with Gasteiger partial charge in [0.2, 0.25) is 22.7 Å². The molecule has 0 spiro atoms. The second-order valence-electron chi connectivity index (χ2n) is 6.55. The molecule has 1 aliphatic rings. The normalized spacial score (nSPS) is 12.6. The smallest absolute Gasteiger partial charge is 0.240 e. The Balaban J connectivity index is 1.55. The second kappa shape index (κ2) is 10.4. The van der Waals surface area contributed by atoms with E-state index in [9.17, 15) is 17.6 Å². The van der Waals surface area contributed by atoms with Crippen molar-refractivity contribution in [2.75, 3.05) is 35.7 Å². The average molecular weight is 489 g/mol. The molecule has 0 saturated heterocycles. The van der Waals surface area contributed by atoms with Crippen LogP contribution in [0.5, 0.6) is 11.5 Å². The molecule has 1 aliphatic heterocycles. The summed E-state index contributed by atoms with van der Waals surface area (Å²) in [6.07, 6.45) is 0. The predicted octanol–water partition coefficient (Wildman–Crippen LogP) is 3.41. The van der Waals surface area contributed by atoms with Gasteiger partial charge in [0.1, 0.15) is 12.4 Å². The van der Waals surface area contributed by atoms with Crippen LogP contribution >= 0.6 is 23.4 Å². The van der Waals surface area contributed by atoms with Gasteiger partial charge < -0.3 is 14.8 Å². The van der Waals surface area contributed by atoms with E-state index in [0.717, 1.165) is 4.31 Å². The van der Waals surface area contributed by atoms with Crippen molar-refractivity contribution in [3.05, 3.63) is 52.8 Å². The Bertz CT molecular complexity index is 1030. The molecule has 1 N–H and O–H groups in total. The molecule has 2 aromatic carbocycles. The Morgan fingerprint density at radius 1 is 1.26 bits per heavy atom. The number of halogens is 2. The fourth-order valence-electron chi connectivity index (χ4n) is 2.84. The Morgan fingerprint density at radius 3 is 2.77 bits per heavy atom. The first kappa shape index (κ1) is 23.5. The van der Waals surface area contributed by atoms with Gasteiger partial charge in [-0.2, -0.15) is 11.8 Å². The van der Waals surface area contributed by atoms with E-state index >= 15 is 0 Å². The van der Waals surface area contributed by atoms with Crippen molar-refractivity contribution < 1.29 is 27.1 Å². The maximum atomic E-state index is 13.8. The number of carbonyl (C=O) groups excluding carboxylic acids is 1. The largest absolute Gasteiger partial charge is 0.454 e. The number of carbonyl (C=O) groups is 1. The molecule has 3 rings (SSSR count). The Hall–Kier alpha value is -2.17. The first-order valence-corrected chi connectivity index (χ1v) is 12.6. The third kappa shape index (κ3) is 5.96. The summed E-state index contributed by atoms with van der Waals surface area (Å²) in [7, 11) is -3.69. The number of thioether (sulfide) groups is 1. The number of ether oxygens (including phenoxy) is 2. The monoisotopic (exact) mass is 488 g/mol. The third-order valence-corrected chi connectivity index (χ3v) is 7.59. The van der Waals surface area contributed by atoms with E-state index < -0.39 is 15.9 Å². The van der Waals surface area contributed by atoms with E-state index in [4.69, 9.17) is 21.1 Å². The topological polar surface area (TPSA) is 84.9 Å². The number of amides is 1. The molecule has 1 amide bonds. The summed E-state index contributed by atoms with van der Waals surface area (Å²) in [6.45, 7) is 1.52. The lowest BCUT2D eigenvalue weighted by Gasteiger charge is -2.23. The predicted molar refractivity (Wildman–Crippen MR) is 120 cm³/mol. The maximum absolute atomic E-state index is 13.8. The summed E-state index contributed by atoms with van der Waals surface area (Å²) < 4.78 is 50.5. The molecule has 0 aromatic heterocycles. The van der Waals surface area contributed by atoms with Crippen molar-refractivity contribution in [3.8, 4) is 11.5 Å². The highest BCUT2D eigenvalue weighted by Gasteiger charge is 2.25. The van der Waals surface area contributed by atoms with Crippen LogP contribution in [0.25, 0.3) is 0 Å². The first-order chi connectivity index (χ1) is 14.8. The van der Waals surface area contributed by atoms with Crippen LogP contribution in [0.4, 0.5) is 10.1 Å². The molecule has 0 saturated carbocycles. The molecule has 0 fully saturated rings. The highest BCUT2D eigenvalue weighted by atomic mass is 35.5. The third-order valence-electron chi connectivity index (χ3n) is 4.51. The number of hydrogen-bond donors (Lipinski definition) is 1. The number of benzene rings is 2. The number of anilines is 1. The van der Waals surface area contributed by atoms with Crippen LogP contribution in [0, 0.1) is 5.82 Å². The van der Waals surface area contributed by atoms with Gasteiger partial charge in [0.25, 0.3) is 0 Å². The number of rotatable bonds is 10. The molecule has 0 unspecified atom stereocenters. The number of fused-ring (bicyclic) bond motifs is 1. The summed E-state index contributed by atoms with van der Waals surface area (Å²) in [6, 6.07) is 9.24. The summed E-state index contributed by atoms with van der Waals surface area (Å²) in [4.78, 5) is 12.4. The summed E-state index contributed by atoms with van der Waals surface area (Å²) in [5.74, 6) is 0.864. The first-order valence-electron chi connectivity index (χ1n) is 9.49. The van der Waals surface area contributed by atoms with E-state index in [1.165, 1.54) is 30.8 Å². The van der Waals surface area contributed by atoms with Crippen molar-refractivity contribution in [1.29, 1.82) is 0 Å². The van der Waals surface area contributed by atoms with Gasteiger partial charge in [-0.25, -0.2) is 12.8 Å². The Morgan fingerprint density at radius 2 is 2.03 bits per heavy atom. The van der Waals surface area contributed by atoms with Gasteiger partial charge in [0.05, 0.1) is 11.4 Å².